The minimum Gasteiger partial charge on any atom is -0.289 e. The molecule has 0 heterocycles. The van der Waals surface area contributed by atoms with Gasteiger partial charge in [0, 0.05) is 5.56 Å². The van der Waals surface area contributed by atoms with Gasteiger partial charge < -0.3 is 0 Å². The van der Waals surface area contributed by atoms with Crippen LogP contribution in [-0.2, 0) is 0 Å². The second kappa shape index (κ2) is 4.02. The van der Waals surface area contributed by atoms with Crippen molar-refractivity contribution in [2.75, 3.05) is 6.66 Å². The van der Waals surface area contributed by atoms with Crippen LogP contribution in [-0.4, -0.2) is 12.2 Å². The van der Waals surface area contributed by atoms with Crippen LogP contribution in [0.3, 0.4) is 0 Å². The number of hydrogen-bond donors (Lipinski definition) is 0. The predicted octanol–water partition coefficient (Wildman–Crippen LogP) is 3.06. The van der Waals surface area contributed by atoms with Gasteiger partial charge in [0.25, 0.3) is 0 Å². The van der Waals surface area contributed by atoms with Gasteiger partial charge in [-0.3, -0.25) is 4.79 Å². The summed E-state index contributed by atoms with van der Waals surface area (Å²) in [7, 11) is 0.360. The molecule has 0 spiro atoms. The quantitative estimate of drug-likeness (QED) is 0.661. The molecule has 0 radical (unpaired) electrons. The van der Waals surface area contributed by atoms with E-state index < -0.39 is 0 Å². The maximum Gasteiger partial charge on any atom is 0.181 e. The van der Waals surface area contributed by atoms with Gasteiger partial charge in [-0.25, -0.2) is 0 Å². The summed E-state index contributed by atoms with van der Waals surface area (Å²) >= 11 is 0. The molecule has 0 aliphatic heterocycles. The minimum absolute atomic E-state index is 0.273. The number of benzene rings is 1. The third-order valence-electron chi connectivity index (χ3n) is 2.13. The van der Waals surface area contributed by atoms with Crippen LogP contribution in [0.5, 0.6) is 0 Å². The maximum absolute atomic E-state index is 11.6. The van der Waals surface area contributed by atoms with E-state index in [-0.39, 0.29) is 5.52 Å². The lowest BCUT2D eigenvalue weighted by atomic mass is 10.0. The molecule has 0 bridgehead atoms. The van der Waals surface area contributed by atoms with Gasteiger partial charge in [-0.1, -0.05) is 17.7 Å². The van der Waals surface area contributed by atoms with Gasteiger partial charge in [-0.15, -0.1) is 0 Å². The molecule has 0 saturated heterocycles. The lowest BCUT2D eigenvalue weighted by molar-refractivity contribution is 0.108. The summed E-state index contributed by atoms with van der Waals surface area (Å²) in [6.07, 6.45) is 0. The summed E-state index contributed by atoms with van der Waals surface area (Å²) in [5, 5.41) is 0. The van der Waals surface area contributed by atoms with Gasteiger partial charge in [0.1, 0.15) is 0 Å². The average molecular weight is 194 g/mol. The molecule has 1 aromatic carbocycles. The first-order valence-electron chi connectivity index (χ1n) is 4.36. The Morgan fingerprint density at radius 2 is 1.62 bits per heavy atom. The van der Waals surface area contributed by atoms with E-state index in [1.165, 1.54) is 5.56 Å². The zero-order chi connectivity index (χ0) is 10.0. The molecule has 0 aliphatic rings. The fraction of sp³-hybridized carbons (Fsp3) is 0.364. The molecule has 70 valence electrons. The van der Waals surface area contributed by atoms with Gasteiger partial charge in [-0.05, 0) is 47.1 Å². The Morgan fingerprint density at radius 3 is 2.00 bits per heavy atom. The zero-order valence-electron chi connectivity index (χ0n) is 8.56. The van der Waals surface area contributed by atoms with E-state index in [1.807, 2.05) is 20.5 Å². The maximum atomic E-state index is 11.6. The van der Waals surface area contributed by atoms with Crippen molar-refractivity contribution in [3.63, 3.8) is 0 Å². The van der Waals surface area contributed by atoms with Crippen LogP contribution < -0.4 is 0 Å². The molecular weight excluding hydrogens is 179 g/mol. The number of carbonyl (C=O) groups excluding carboxylic acids is 1. The molecule has 1 unspecified atom stereocenters. The normalized spacial score (nSPS) is 11.1. The van der Waals surface area contributed by atoms with Crippen molar-refractivity contribution in [1.29, 1.82) is 0 Å². The van der Waals surface area contributed by atoms with E-state index in [4.69, 9.17) is 0 Å². The van der Waals surface area contributed by atoms with E-state index >= 15 is 0 Å². The summed E-state index contributed by atoms with van der Waals surface area (Å²) in [6.45, 7) is 8.00. The molecule has 1 aromatic rings. The average Bonchev–Trinajstić information content (AvgIpc) is 2.02. The lowest BCUT2D eigenvalue weighted by Gasteiger charge is -2.08. The third-order valence-corrected chi connectivity index (χ3v) is 2.84. The van der Waals surface area contributed by atoms with Crippen LogP contribution in [0.1, 0.15) is 27.0 Å². The van der Waals surface area contributed by atoms with Crippen LogP contribution in [0.15, 0.2) is 12.1 Å². The zero-order valence-corrected chi connectivity index (χ0v) is 9.56. The van der Waals surface area contributed by atoms with Crippen LogP contribution in [0.25, 0.3) is 0 Å². The van der Waals surface area contributed by atoms with E-state index in [0.29, 0.717) is 8.58 Å². The lowest BCUT2D eigenvalue weighted by Crippen LogP contribution is -1.99. The Kier molecular flexibility index (Phi) is 3.22. The van der Waals surface area contributed by atoms with Crippen molar-refractivity contribution >= 4 is 14.1 Å². The van der Waals surface area contributed by atoms with Gasteiger partial charge in [0.15, 0.2) is 5.52 Å². The Bertz CT molecular complexity index is 319. The summed E-state index contributed by atoms with van der Waals surface area (Å²) in [6, 6.07) is 4.14. The van der Waals surface area contributed by atoms with Crippen LogP contribution in [0.4, 0.5) is 0 Å². The Balaban J connectivity index is 3.28. The number of carbonyl (C=O) groups is 1. The summed E-state index contributed by atoms with van der Waals surface area (Å²) in [5.74, 6) is 0. The summed E-state index contributed by atoms with van der Waals surface area (Å²) in [5.41, 5.74) is 4.64. The molecule has 2 heteroatoms. The molecule has 1 nitrogen and oxygen atoms in total. The molecule has 0 aromatic heterocycles. The van der Waals surface area contributed by atoms with Gasteiger partial charge in [-0.2, -0.15) is 0 Å². The van der Waals surface area contributed by atoms with Gasteiger partial charge in [0.05, 0.1) is 0 Å². The number of aryl methyl sites for hydroxylation is 3. The molecule has 0 fully saturated rings. The first-order valence-corrected chi connectivity index (χ1v) is 5.86. The molecule has 0 aliphatic carbocycles. The highest BCUT2D eigenvalue weighted by Crippen LogP contribution is 2.22. The highest BCUT2D eigenvalue weighted by molar-refractivity contribution is 7.58. The molecule has 13 heavy (non-hydrogen) atoms. The molecule has 0 saturated carbocycles. The molecular formula is C11H15OP. The Morgan fingerprint density at radius 1 is 1.15 bits per heavy atom. The Hall–Kier alpha value is -0.680. The van der Waals surface area contributed by atoms with Gasteiger partial charge >= 0.3 is 0 Å². The predicted molar refractivity (Wildman–Crippen MR) is 59.2 cm³/mol. The fourth-order valence-electron chi connectivity index (χ4n) is 1.66. The topological polar surface area (TPSA) is 17.1 Å². The first kappa shape index (κ1) is 10.4. The second-order valence-electron chi connectivity index (χ2n) is 3.35. The SMILES string of the molecule is CPC(=O)c1c(C)cc(C)cc1C. The first-order chi connectivity index (χ1) is 6.06. The van der Waals surface area contributed by atoms with E-state index in [0.717, 1.165) is 16.7 Å². The number of hydrogen-bond acceptors (Lipinski definition) is 1. The fourth-order valence-corrected chi connectivity index (χ4v) is 2.31. The van der Waals surface area contributed by atoms with Crippen molar-refractivity contribution in [2.45, 2.75) is 20.8 Å². The Labute approximate surface area is 81.3 Å². The highest BCUT2D eigenvalue weighted by Gasteiger charge is 2.10. The smallest absolute Gasteiger partial charge is 0.181 e. The van der Waals surface area contributed by atoms with Crippen molar-refractivity contribution in [3.8, 4) is 0 Å². The molecule has 0 N–H and O–H groups in total. The monoisotopic (exact) mass is 194 g/mol. The van der Waals surface area contributed by atoms with Crippen LogP contribution in [0, 0.1) is 20.8 Å². The van der Waals surface area contributed by atoms with Crippen LogP contribution in [0.2, 0.25) is 0 Å². The van der Waals surface area contributed by atoms with E-state index in [2.05, 4.69) is 19.1 Å². The summed E-state index contributed by atoms with van der Waals surface area (Å²) < 4.78 is 0. The second-order valence-corrected chi connectivity index (χ2v) is 4.31. The summed E-state index contributed by atoms with van der Waals surface area (Å²) in [4.78, 5) is 11.6. The van der Waals surface area contributed by atoms with Crippen molar-refractivity contribution in [2.24, 2.45) is 0 Å². The van der Waals surface area contributed by atoms with E-state index in [1.54, 1.807) is 0 Å². The largest absolute Gasteiger partial charge is 0.289 e. The minimum atomic E-state index is 0.273. The standard InChI is InChI=1S/C11H15OP/c1-7-5-8(2)10(9(3)6-7)11(12)13-4/h5-6,13H,1-4H3. The van der Waals surface area contributed by atoms with Crippen molar-refractivity contribution < 1.29 is 4.79 Å². The number of rotatable bonds is 2. The van der Waals surface area contributed by atoms with Crippen molar-refractivity contribution in [1.82, 2.24) is 0 Å². The third kappa shape index (κ3) is 2.16. The van der Waals surface area contributed by atoms with Gasteiger partial charge in [0.2, 0.25) is 0 Å². The van der Waals surface area contributed by atoms with Crippen LogP contribution >= 0.6 is 8.58 Å². The molecule has 1 rings (SSSR count). The highest BCUT2D eigenvalue weighted by atomic mass is 31.1. The van der Waals surface area contributed by atoms with Crippen molar-refractivity contribution in [3.05, 3.63) is 34.4 Å². The van der Waals surface area contributed by atoms with E-state index in [9.17, 15) is 4.79 Å². The molecule has 0 amide bonds. The molecule has 1 atom stereocenters.